The zero-order chi connectivity index (χ0) is 21.6. The number of aromatic nitrogens is 1. The maximum Gasteiger partial charge on any atom is 0.279 e. The Kier molecular flexibility index (Phi) is 6.72. The van der Waals surface area contributed by atoms with Crippen molar-refractivity contribution in [1.82, 2.24) is 4.57 Å². The van der Waals surface area contributed by atoms with E-state index in [0.29, 0.717) is 48.2 Å². The van der Waals surface area contributed by atoms with Crippen molar-refractivity contribution in [3.8, 4) is 17.2 Å². The molecule has 4 rings (SSSR count). The molecule has 3 aromatic rings. The lowest BCUT2D eigenvalue weighted by Gasteiger charge is -2.18. The average Bonchev–Trinajstić information content (AvgIpc) is 3.11. The Labute approximate surface area is 185 Å². The van der Waals surface area contributed by atoms with Crippen LogP contribution in [0.3, 0.4) is 0 Å². The molecule has 0 bridgehead atoms. The van der Waals surface area contributed by atoms with E-state index < -0.39 is 0 Å². The number of allylic oxidation sites excluding steroid dienone is 1. The minimum Gasteiger partial charge on any atom is -0.494 e. The third kappa shape index (κ3) is 4.82. The first-order chi connectivity index (χ1) is 15.2. The summed E-state index contributed by atoms with van der Waals surface area (Å²) >= 11 is 1.44. The van der Waals surface area contributed by atoms with Gasteiger partial charge < -0.3 is 18.8 Å². The average molecular weight is 439 g/mol. The van der Waals surface area contributed by atoms with Crippen LogP contribution in [0.4, 0.5) is 0 Å². The van der Waals surface area contributed by atoms with Crippen molar-refractivity contribution < 1.29 is 19.0 Å². The van der Waals surface area contributed by atoms with Crippen LogP contribution in [0, 0.1) is 0 Å². The summed E-state index contributed by atoms with van der Waals surface area (Å²) in [6.07, 6.45) is 5.06. The fraction of sp³-hybridized carbons (Fsp3) is 0.333. The quantitative estimate of drug-likeness (QED) is 0.368. The summed E-state index contributed by atoms with van der Waals surface area (Å²) in [7, 11) is 0. The Morgan fingerprint density at radius 1 is 1.23 bits per heavy atom. The van der Waals surface area contributed by atoms with Crippen LogP contribution in [0.25, 0.3) is 10.2 Å². The highest BCUT2D eigenvalue weighted by Crippen LogP contribution is 2.35. The van der Waals surface area contributed by atoms with Gasteiger partial charge in [0.1, 0.15) is 19.0 Å². The van der Waals surface area contributed by atoms with Crippen molar-refractivity contribution in [2.24, 2.45) is 4.99 Å². The van der Waals surface area contributed by atoms with Crippen molar-refractivity contribution in [1.29, 1.82) is 0 Å². The topological polar surface area (TPSA) is 62.1 Å². The highest BCUT2D eigenvalue weighted by molar-refractivity contribution is 7.16. The number of benzene rings is 2. The molecule has 0 saturated carbocycles. The Balaban J connectivity index is 1.66. The number of thiazole rings is 1. The van der Waals surface area contributed by atoms with Crippen LogP contribution in [0.5, 0.6) is 17.2 Å². The molecule has 31 heavy (non-hydrogen) atoms. The van der Waals surface area contributed by atoms with E-state index in [1.165, 1.54) is 11.3 Å². The lowest BCUT2D eigenvalue weighted by atomic mass is 10.2. The molecule has 2 heterocycles. The van der Waals surface area contributed by atoms with Gasteiger partial charge in [0.25, 0.3) is 5.91 Å². The zero-order valence-corrected chi connectivity index (χ0v) is 18.5. The molecule has 7 heteroatoms. The first-order valence-corrected chi connectivity index (χ1v) is 11.4. The van der Waals surface area contributed by atoms with E-state index in [-0.39, 0.29) is 5.91 Å². The molecule has 0 saturated heterocycles. The lowest BCUT2D eigenvalue weighted by molar-refractivity contribution is 0.0997. The second kappa shape index (κ2) is 9.83. The molecule has 162 valence electrons. The highest BCUT2D eigenvalue weighted by atomic mass is 32.1. The maximum absolute atomic E-state index is 12.9. The monoisotopic (exact) mass is 438 g/mol. The molecule has 0 N–H and O–H groups in total. The molecule has 0 fully saturated rings. The van der Waals surface area contributed by atoms with Crippen LogP contribution in [0.15, 0.2) is 54.0 Å². The van der Waals surface area contributed by atoms with Gasteiger partial charge >= 0.3 is 0 Å². The molecule has 2 aromatic carbocycles. The third-order valence-electron chi connectivity index (χ3n) is 4.95. The van der Waals surface area contributed by atoms with Gasteiger partial charge in [-0.15, -0.1) is 6.58 Å². The van der Waals surface area contributed by atoms with Gasteiger partial charge in [-0.3, -0.25) is 4.79 Å². The fourth-order valence-electron chi connectivity index (χ4n) is 3.41. The van der Waals surface area contributed by atoms with Crippen LogP contribution >= 0.6 is 11.3 Å². The van der Waals surface area contributed by atoms with Gasteiger partial charge in [0.05, 0.1) is 16.8 Å². The number of unbranched alkanes of at least 4 members (excludes halogenated alkanes) is 2. The molecule has 0 unspecified atom stereocenters. The lowest BCUT2D eigenvalue weighted by Crippen LogP contribution is -2.17. The Bertz CT molecular complexity index is 1160. The number of carbonyl (C=O) groups is 1. The molecule has 1 amide bonds. The summed E-state index contributed by atoms with van der Waals surface area (Å²) in [5, 5.41) is 0. The molecular weight excluding hydrogens is 412 g/mol. The van der Waals surface area contributed by atoms with Gasteiger partial charge in [-0.25, -0.2) is 0 Å². The van der Waals surface area contributed by atoms with E-state index in [4.69, 9.17) is 14.2 Å². The minimum absolute atomic E-state index is 0.305. The molecule has 1 aromatic heterocycles. The predicted octanol–water partition coefficient (Wildman–Crippen LogP) is 4.97. The number of amides is 1. The van der Waals surface area contributed by atoms with E-state index in [2.05, 4.69) is 18.5 Å². The van der Waals surface area contributed by atoms with Crippen LogP contribution < -0.4 is 19.0 Å². The SMILES string of the molecule is C=CCn1c(=NC(=O)c2cccc(OCCCCC)c2)sc2cc3c(cc21)OCCO3. The molecular formula is C24H26N2O4S. The summed E-state index contributed by atoms with van der Waals surface area (Å²) in [5.41, 5.74) is 1.44. The molecule has 0 radical (unpaired) electrons. The summed E-state index contributed by atoms with van der Waals surface area (Å²) in [5.74, 6) is 1.81. The largest absolute Gasteiger partial charge is 0.494 e. The van der Waals surface area contributed by atoms with E-state index >= 15 is 0 Å². The summed E-state index contributed by atoms with van der Waals surface area (Å²) in [4.78, 5) is 18.0. The molecule has 1 aliphatic rings. The highest BCUT2D eigenvalue weighted by Gasteiger charge is 2.17. The van der Waals surface area contributed by atoms with Crippen molar-refractivity contribution >= 4 is 27.5 Å². The van der Waals surface area contributed by atoms with Gasteiger partial charge in [0.2, 0.25) is 0 Å². The normalized spacial score (nSPS) is 13.4. The van der Waals surface area contributed by atoms with Gasteiger partial charge in [-0.05, 0) is 24.6 Å². The molecule has 6 nitrogen and oxygen atoms in total. The number of nitrogens with zero attached hydrogens (tertiary/aromatic N) is 2. The van der Waals surface area contributed by atoms with Gasteiger partial charge in [-0.2, -0.15) is 4.99 Å². The number of fused-ring (bicyclic) bond motifs is 2. The molecule has 1 aliphatic heterocycles. The van der Waals surface area contributed by atoms with Crippen molar-refractivity contribution in [2.45, 2.75) is 32.7 Å². The molecule has 0 atom stereocenters. The van der Waals surface area contributed by atoms with Gasteiger partial charge in [-0.1, -0.05) is 43.2 Å². The first-order valence-electron chi connectivity index (χ1n) is 10.6. The standard InChI is InChI=1S/C24H26N2O4S/c1-3-5-6-11-28-18-9-7-8-17(14-18)23(27)25-24-26(10-4-2)19-15-20-21(16-22(19)31-24)30-13-12-29-20/h4,7-9,14-16H,2-3,5-6,10-13H2,1H3. The number of hydrogen-bond acceptors (Lipinski definition) is 5. The first kappa shape index (κ1) is 21.2. The van der Waals surface area contributed by atoms with E-state index in [1.54, 1.807) is 18.2 Å². The van der Waals surface area contributed by atoms with Crippen molar-refractivity contribution in [3.05, 3.63) is 59.4 Å². The maximum atomic E-state index is 12.9. The van der Waals surface area contributed by atoms with Crippen LogP contribution in [-0.4, -0.2) is 30.3 Å². The van der Waals surface area contributed by atoms with Crippen molar-refractivity contribution in [3.63, 3.8) is 0 Å². The fourth-order valence-corrected chi connectivity index (χ4v) is 4.46. The van der Waals surface area contributed by atoms with Gasteiger partial charge in [0.15, 0.2) is 16.3 Å². The van der Waals surface area contributed by atoms with Crippen LogP contribution in [0.1, 0.15) is 36.5 Å². The second-order valence-electron chi connectivity index (χ2n) is 7.25. The number of hydrogen-bond donors (Lipinski definition) is 0. The predicted molar refractivity (Wildman–Crippen MR) is 122 cm³/mol. The van der Waals surface area contributed by atoms with Gasteiger partial charge in [0, 0.05) is 24.2 Å². The Hall–Kier alpha value is -3.06. The van der Waals surface area contributed by atoms with Crippen molar-refractivity contribution in [2.75, 3.05) is 19.8 Å². The van der Waals surface area contributed by atoms with E-state index in [9.17, 15) is 4.79 Å². The summed E-state index contributed by atoms with van der Waals surface area (Å²) in [6.45, 7) is 8.24. The summed E-state index contributed by atoms with van der Waals surface area (Å²) < 4.78 is 20.1. The zero-order valence-electron chi connectivity index (χ0n) is 17.6. The summed E-state index contributed by atoms with van der Waals surface area (Å²) in [6, 6.07) is 11.1. The number of rotatable bonds is 8. The number of ether oxygens (including phenoxy) is 3. The smallest absolute Gasteiger partial charge is 0.279 e. The Morgan fingerprint density at radius 2 is 2.03 bits per heavy atom. The van der Waals surface area contributed by atoms with E-state index in [0.717, 1.165) is 35.2 Å². The number of carbonyl (C=O) groups excluding carboxylic acids is 1. The molecule has 0 aliphatic carbocycles. The Morgan fingerprint density at radius 3 is 2.81 bits per heavy atom. The second-order valence-corrected chi connectivity index (χ2v) is 8.26. The van der Waals surface area contributed by atoms with E-state index in [1.807, 2.05) is 28.8 Å². The minimum atomic E-state index is -0.305. The molecule has 0 spiro atoms. The van der Waals surface area contributed by atoms with Crippen LogP contribution in [0.2, 0.25) is 0 Å². The van der Waals surface area contributed by atoms with Crippen LogP contribution in [-0.2, 0) is 6.54 Å². The third-order valence-corrected chi connectivity index (χ3v) is 5.99.